The summed E-state index contributed by atoms with van der Waals surface area (Å²) in [5, 5.41) is 0. The highest BCUT2D eigenvalue weighted by Crippen LogP contribution is 2.24. The molecule has 1 aromatic heterocycles. The van der Waals surface area contributed by atoms with Gasteiger partial charge in [-0.05, 0) is 49.4 Å². The van der Waals surface area contributed by atoms with E-state index in [4.69, 9.17) is 4.74 Å². The van der Waals surface area contributed by atoms with Crippen LogP contribution in [0.2, 0.25) is 0 Å². The van der Waals surface area contributed by atoms with Crippen LogP contribution in [0, 0.1) is 5.82 Å². The largest absolute Gasteiger partial charge is 0.379 e. The van der Waals surface area contributed by atoms with Crippen LogP contribution in [-0.4, -0.2) is 61.0 Å². The second kappa shape index (κ2) is 9.58. The first kappa shape index (κ1) is 23.3. The summed E-state index contributed by atoms with van der Waals surface area (Å²) in [7, 11) is -1.76. The van der Waals surface area contributed by atoms with Crippen molar-refractivity contribution in [2.24, 2.45) is 7.05 Å². The third-order valence-electron chi connectivity index (χ3n) is 5.87. The third kappa shape index (κ3) is 4.78. The molecular formula is C23H27FN4O4S. The van der Waals surface area contributed by atoms with E-state index in [0.717, 1.165) is 5.52 Å². The summed E-state index contributed by atoms with van der Waals surface area (Å²) in [4.78, 5) is 19.2. The van der Waals surface area contributed by atoms with Gasteiger partial charge in [0.25, 0.3) is 0 Å². The molecule has 4 rings (SSSR count). The number of carbonyl (C=O) groups excluding carboxylic acids is 1. The monoisotopic (exact) mass is 474 g/mol. The van der Waals surface area contributed by atoms with Gasteiger partial charge in [-0.1, -0.05) is 0 Å². The molecule has 0 saturated carbocycles. The van der Waals surface area contributed by atoms with Crippen molar-refractivity contribution < 1.29 is 22.3 Å². The minimum atomic E-state index is -3.61. The maximum absolute atomic E-state index is 13.2. The molecule has 3 aromatic rings. The number of hydrogen-bond donors (Lipinski definition) is 0. The van der Waals surface area contributed by atoms with E-state index in [-0.39, 0.29) is 23.0 Å². The van der Waals surface area contributed by atoms with Gasteiger partial charge in [-0.2, -0.15) is 4.31 Å². The summed E-state index contributed by atoms with van der Waals surface area (Å²) >= 11 is 0. The zero-order valence-corrected chi connectivity index (χ0v) is 19.5. The summed E-state index contributed by atoms with van der Waals surface area (Å²) < 4.78 is 47.7. The molecule has 1 fully saturated rings. The van der Waals surface area contributed by atoms with Crippen LogP contribution in [0.3, 0.4) is 0 Å². The summed E-state index contributed by atoms with van der Waals surface area (Å²) in [5.41, 5.74) is 2.01. The number of aryl methyl sites for hydroxylation is 2. The van der Waals surface area contributed by atoms with Crippen LogP contribution in [0.5, 0.6) is 0 Å². The lowest BCUT2D eigenvalue weighted by atomic mass is 10.2. The Bertz CT molecular complexity index is 1250. The molecule has 0 unspecified atom stereocenters. The average Bonchev–Trinajstić information content (AvgIpc) is 3.15. The van der Waals surface area contributed by atoms with E-state index in [2.05, 4.69) is 4.98 Å². The van der Waals surface area contributed by atoms with Crippen LogP contribution in [0.1, 0.15) is 19.2 Å². The Morgan fingerprint density at radius 3 is 2.52 bits per heavy atom. The predicted molar refractivity (Wildman–Crippen MR) is 123 cm³/mol. The first-order valence-electron chi connectivity index (χ1n) is 10.9. The second-order valence-corrected chi connectivity index (χ2v) is 9.81. The number of imidazole rings is 1. The summed E-state index contributed by atoms with van der Waals surface area (Å²) in [6.45, 7) is 3.77. The molecule has 0 spiro atoms. The number of fused-ring (bicyclic) bond motifs is 1. The number of sulfonamides is 1. The van der Waals surface area contributed by atoms with Crippen molar-refractivity contribution in [1.29, 1.82) is 0 Å². The maximum Gasteiger partial charge on any atom is 0.243 e. The Morgan fingerprint density at radius 1 is 1.15 bits per heavy atom. The molecule has 10 heteroatoms. The third-order valence-corrected chi connectivity index (χ3v) is 7.77. The second-order valence-electron chi connectivity index (χ2n) is 7.87. The Labute approximate surface area is 192 Å². The Hall–Kier alpha value is -2.82. The number of ether oxygens (including phenoxy) is 1. The van der Waals surface area contributed by atoms with Crippen LogP contribution in [0.15, 0.2) is 47.4 Å². The van der Waals surface area contributed by atoms with Gasteiger partial charge in [-0.3, -0.25) is 4.79 Å². The SMILES string of the molecule is CCN(C(=O)CCc1nc2cc(S(=O)(=O)N3CCOCC3)ccc2n1C)c1ccc(F)cc1. The number of anilines is 1. The smallest absolute Gasteiger partial charge is 0.243 e. The normalized spacial score (nSPS) is 15.1. The quantitative estimate of drug-likeness (QED) is 0.526. The van der Waals surface area contributed by atoms with E-state index in [9.17, 15) is 17.6 Å². The van der Waals surface area contributed by atoms with E-state index in [0.29, 0.717) is 56.3 Å². The van der Waals surface area contributed by atoms with Crippen molar-refractivity contribution >= 4 is 32.7 Å². The van der Waals surface area contributed by atoms with E-state index >= 15 is 0 Å². The predicted octanol–water partition coefficient (Wildman–Crippen LogP) is 2.72. The number of amides is 1. The molecule has 0 radical (unpaired) electrons. The average molecular weight is 475 g/mol. The Morgan fingerprint density at radius 2 is 1.85 bits per heavy atom. The van der Waals surface area contributed by atoms with Gasteiger partial charge >= 0.3 is 0 Å². The highest BCUT2D eigenvalue weighted by Gasteiger charge is 2.27. The molecule has 0 N–H and O–H groups in total. The highest BCUT2D eigenvalue weighted by atomic mass is 32.2. The van der Waals surface area contributed by atoms with Crippen LogP contribution in [0.25, 0.3) is 11.0 Å². The Kier molecular flexibility index (Phi) is 6.78. The highest BCUT2D eigenvalue weighted by molar-refractivity contribution is 7.89. The van der Waals surface area contributed by atoms with Gasteiger partial charge in [0.15, 0.2) is 0 Å². The number of hydrogen-bond acceptors (Lipinski definition) is 5. The van der Waals surface area contributed by atoms with Gasteiger partial charge in [0.05, 0.1) is 29.1 Å². The van der Waals surface area contributed by atoms with Crippen molar-refractivity contribution in [3.05, 3.63) is 54.1 Å². The molecule has 2 heterocycles. The van der Waals surface area contributed by atoms with E-state index in [1.165, 1.54) is 16.4 Å². The minimum absolute atomic E-state index is 0.0910. The number of benzene rings is 2. The van der Waals surface area contributed by atoms with Crippen molar-refractivity contribution in [3.8, 4) is 0 Å². The molecule has 0 bridgehead atoms. The van der Waals surface area contributed by atoms with Crippen LogP contribution in [0.4, 0.5) is 10.1 Å². The first-order chi connectivity index (χ1) is 15.8. The molecule has 8 nitrogen and oxygen atoms in total. The molecule has 1 saturated heterocycles. The summed E-state index contributed by atoms with van der Waals surface area (Å²) in [6, 6.07) is 10.8. The lowest BCUT2D eigenvalue weighted by Gasteiger charge is -2.26. The van der Waals surface area contributed by atoms with Gasteiger partial charge in [-0.25, -0.2) is 17.8 Å². The molecule has 1 aliphatic heterocycles. The number of carbonyl (C=O) groups is 1. The standard InChI is InChI=1S/C23H27FN4O4S/c1-3-28(18-6-4-17(24)5-7-18)23(29)11-10-22-25-20-16-19(8-9-21(20)26(22)2)33(30,31)27-12-14-32-15-13-27/h4-9,16H,3,10-15H2,1-2H3. The molecule has 176 valence electrons. The van der Waals surface area contributed by atoms with E-state index in [1.54, 1.807) is 35.2 Å². The minimum Gasteiger partial charge on any atom is -0.379 e. The summed E-state index contributed by atoms with van der Waals surface area (Å²) in [6.07, 6.45) is 0.620. The van der Waals surface area contributed by atoms with E-state index in [1.807, 2.05) is 18.5 Å². The van der Waals surface area contributed by atoms with Crippen LogP contribution in [-0.2, 0) is 33.0 Å². The zero-order chi connectivity index (χ0) is 23.6. The number of rotatable bonds is 7. The lowest BCUT2D eigenvalue weighted by molar-refractivity contribution is -0.118. The summed E-state index contributed by atoms with van der Waals surface area (Å²) in [5.74, 6) is 0.248. The fraction of sp³-hybridized carbons (Fsp3) is 0.391. The number of nitrogens with zero attached hydrogens (tertiary/aromatic N) is 4. The zero-order valence-electron chi connectivity index (χ0n) is 18.7. The van der Waals surface area contributed by atoms with Crippen molar-refractivity contribution in [3.63, 3.8) is 0 Å². The molecule has 0 atom stereocenters. The Balaban J connectivity index is 1.52. The fourth-order valence-corrected chi connectivity index (χ4v) is 5.46. The molecule has 1 aliphatic rings. The van der Waals surface area contributed by atoms with Crippen molar-refractivity contribution in [1.82, 2.24) is 13.9 Å². The van der Waals surface area contributed by atoms with Crippen molar-refractivity contribution in [2.75, 3.05) is 37.7 Å². The van der Waals surface area contributed by atoms with E-state index < -0.39 is 10.0 Å². The number of aromatic nitrogens is 2. The molecule has 33 heavy (non-hydrogen) atoms. The molecule has 0 aliphatic carbocycles. The van der Waals surface area contributed by atoms with Crippen molar-refractivity contribution in [2.45, 2.75) is 24.7 Å². The van der Waals surface area contributed by atoms with Crippen LogP contribution < -0.4 is 4.90 Å². The number of morpholine rings is 1. The van der Waals surface area contributed by atoms with Gasteiger partial charge in [0.2, 0.25) is 15.9 Å². The van der Waals surface area contributed by atoms with Gasteiger partial charge in [0.1, 0.15) is 11.6 Å². The number of halogens is 1. The molecule has 1 amide bonds. The van der Waals surface area contributed by atoms with Gasteiger partial charge < -0.3 is 14.2 Å². The maximum atomic E-state index is 13.2. The lowest BCUT2D eigenvalue weighted by Crippen LogP contribution is -2.40. The topological polar surface area (TPSA) is 84.7 Å². The van der Waals surface area contributed by atoms with Crippen LogP contribution >= 0.6 is 0 Å². The van der Waals surface area contributed by atoms with Gasteiger partial charge in [0, 0.05) is 45.2 Å². The molecular weight excluding hydrogens is 447 g/mol. The molecule has 2 aromatic carbocycles. The first-order valence-corrected chi connectivity index (χ1v) is 12.3. The van der Waals surface area contributed by atoms with Gasteiger partial charge in [-0.15, -0.1) is 0 Å². The fourth-order valence-electron chi connectivity index (χ4n) is 4.03.